The van der Waals surface area contributed by atoms with E-state index >= 15 is 0 Å². The molecule has 1 aromatic rings. The summed E-state index contributed by atoms with van der Waals surface area (Å²) in [5.41, 5.74) is 5.26. The van der Waals surface area contributed by atoms with Crippen molar-refractivity contribution in [2.75, 3.05) is 18.9 Å². The molecule has 9 heteroatoms. The number of hydrogen-bond acceptors (Lipinski definition) is 6. The fourth-order valence-electron chi connectivity index (χ4n) is 2.12. The van der Waals surface area contributed by atoms with Crippen molar-refractivity contribution in [2.45, 2.75) is 30.3 Å². The smallest absolute Gasteiger partial charge is 0.270 e. The lowest BCUT2D eigenvalue weighted by atomic mass is 10.1. The Hall–Kier alpha value is -1.71. The van der Waals surface area contributed by atoms with Crippen molar-refractivity contribution in [1.29, 1.82) is 0 Å². The molecule has 1 fully saturated rings. The minimum atomic E-state index is -3.91. The van der Waals surface area contributed by atoms with Crippen LogP contribution in [-0.4, -0.2) is 32.6 Å². The van der Waals surface area contributed by atoms with Crippen molar-refractivity contribution in [1.82, 2.24) is 4.72 Å². The summed E-state index contributed by atoms with van der Waals surface area (Å²) in [5, 5.41) is 10.7. The van der Waals surface area contributed by atoms with Gasteiger partial charge in [-0.3, -0.25) is 10.1 Å². The molecular formula is C12H17N3O5S. The highest BCUT2D eigenvalue weighted by atomic mass is 32.2. The third-order valence-corrected chi connectivity index (χ3v) is 4.75. The van der Waals surface area contributed by atoms with E-state index in [4.69, 9.17) is 10.5 Å². The summed E-state index contributed by atoms with van der Waals surface area (Å²) in [6.07, 6.45) is 2.58. The molecule has 0 amide bonds. The minimum absolute atomic E-state index is 0.0299. The van der Waals surface area contributed by atoms with Crippen LogP contribution in [0.1, 0.15) is 19.3 Å². The fraction of sp³-hybridized carbons (Fsp3) is 0.500. The average Bonchev–Trinajstić information content (AvgIpc) is 2.46. The fourth-order valence-corrected chi connectivity index (χ4v) is 3.33. The number of non-ortho nitro benzene ring substituents is 1. The number of sulfonamides is 1. The lowest BCUT2D eigenvalue weighted by Gasteiger charge is -2.22. The third kappa shape index (κ3) is 3.90. The van der Waals surface area contributed by atoms with Gasteiger partial charge in [0.2, 0.25) is 10.0 Å². The van der Waals surface area contributed by atoms with Gasteiger partial charge in [-0.1, -0.05) is 0 Å². The molecule has 0 spiro atoms. The van der Waals surface area contributed by atoms with E-state index in [1.165, 1.54) is 12.1 Å². The molecule has 0 aromatic heterocycles. The van der Waals surface area contributed by atoms with Crippen molar-refractivity contribution in [3.63, 3.8) is 0 Å². The van der Waals surface area contributed by atoms with Gasteiger partial charge < -0.3 is 10.5 Å². The Morgan fingerprint density at radius 3 is 2.81 bits per heavy atom. The van der Waals surface area contributed by atoms with E-state index in [1.54, 1.807) is 0 Å². The van der Waals surface area contributed by atoms with Crippen LogP contribution < -0.4 is 10.5 Å². The molecule has 116 valence electrons. The molecule has 21 heavy (non-hydrogen) atoms. The lowest BCUT2D eigenvalue weighted by molar-refractivity contribution is -0.385. The molecule has 8 nitrogen and oxygen atoms in total. The van der Waals surface area contributed by atoms with Crippen LogP contribution in [0.5, 0.6) is 0 Å². The van der Waals surface area contributed by atoms with Crippen LogP contribution in [0.15, 0.2) is 23.1 Å². The predicted molar refractivity (Wildman–Crippen MR) is 76.3 cm³/mol. The SMILES string of the molecule is Nc1ccc([N+](=O)[O-])cc1S(=O)(=O)NCC1CCCCO1. The molecule has 0 bridgehead atoms. The highest BCUT2D eigenvalue weighted by molar-refractivity contribution is 7.89. The van der Waals surface area contributed by atoms with Crippen molar-refractivity contribution in [2.24, 2.45) is 0 Å². The number of nitrogens with one attached hydrogen (secondary N) is 1. The van der Waals surface area contributed by atoms with E-state index in [9.17, 15) is 18.5 Å². The maximum atomic E-state index is 12.2. The van der Waals surface area contributed by atoms with Gasteiger partial charge in [-0.25, -0.2) is 13.1 Å². The van der Waals surface area contributed by atoms with Crippen molar-refractivity contribution >= 4 is 21.4 Å². The number of hydrogen-bond donors (Lipinski definition) is 2. The Bertz CT molecular complexity index is 626. The zero-order valence-corrected chi connectivity index (χ0v) is 12.1. The molecule has 1 aliphatic heterocycles. The number of nitrogens with two attached hydrogens (primary N) is 1. The number of ether oxygens (including phenoxy) is 1. The first-order valence-corrected chi connectivity index (χ1v) is 8.03. The van der Waals surface area contributed by atoms with Crippen molar-refractivity contribution in [3.05, 3.63) is 28.3 Å². The number of rotatable bonds is 5. The van der Waals surface area contributed by atoms with Gasteiger partial charge in [0, 0.05) is 25.3 Å². The van der Waals surface area contributed by atoms with Gasteiger partial charge >= 0.3 is 0 Å². The zero-order valence-electron chi connectivity index (χ0n) is 11.3. The molecule has 3 N–H and O–H groups in total. The van der Waals surface area contributed by atoms with Gasteiger partial charge in [0.1, 0.15) is 4.90 Å². The number of nitro benzene ring substituents is 1. The number of anilines is 1. The topological polar surface area (TPSA) is 125 Å². The normalized spacial score (nSPS) is 19.3. The third-order valence-electron chi connectivity index (χ3n) is 3.27. The molecule has 1 saturated heterocycles. The first-order chi connectivity index (χ1) is 9.90. The zero-order chi connectivity index (χ0) is 15.5. The molecule has 1 atom stereocenters. The maximum Gasteiger partial charge on any atom is 0.270 e. The molecule has 0 radical (unpaired) electrons. The Labute approximate surface area is 122 Å². The monoisotopic (exact) mass is 315 g/mol. The molecule has 1 aromatic carbocycles. The Kier molecular flexibility index (Phi) is 4.76. The quantitative estimate of drug-likeness (QED) is 0.475. The van der Waals surface area contributed by atoms with Crippen LogP contribution in [0.2, 0.25) is 0 Å². The Morgan fingerprint density at radius 1 is 1.43 bits per heavy atom. The maximum absolute atomic E-state index is 12.2. The molecule has 0 aliphatic carbocycles. The van der Waals surface area contributed by atoms with Gasteiger partial charge in [0.05, 0.1) is 16.7 Å². The Balaban J connectivity index is 2.14. The Morgan fingerprint density at radius 2 is 2.19 bits per heavy atom. The van der Waals surface area contributed by atoms with E-state index in [2.05, 4.69) is 4.72 Å². The molecule has 2 rings (SSSR count). The van der Waals surface area contributed by atoms with E-state index in [0.717, 1.165) is 25.3 Å². The summed E-state index contributed by atoms with van der Waals surface area (Å²) in [5.74, 6) is 0. The summed E-state index contributed by atoms with van der Waals surface area (Å²) in [7, 11) is -3.91. The number of benzene rings is 1. The second kappa shape index (κ2) is 6.37. The summed E-state index contributed by atoms with van der Waals surface area (Å²) in [6, 6.07) is 3.34. The van der Waals surface area contributed by atoms with Crippen LogP contribution in [0.3, 0.4) is 0 Å². The van der Waals surface area contributed by atoms with Crippen molar-refractivity contribution < 1.29 is 18.1 Å². The summed E-state index contributed by atoms with van der Waals surface area (Å²) in [6.45, 7) is 0.746. The van der Waals surface area contributed by atoms with Gasteiger partial charge in [0.15, 0.2) is 0 Å². The molecular weight excluding hydrogens is 298 g/mol. The van der Waals surface area contributed by atoms with Crippen LogP contribution in [0.4, 0.5) is 11.4 Å². The molecule has 1 heterocycles. The first-order valence-electron chi connectivity index (χ1n) is 6.55. The van der Waals surface area contributed by atoms with Crippen molar-refractivity contribution in [3.8, 4) is 0 Å². The average molecular weight is 315 g/mol. The van der Waals surface area contributed by atoms with Gasteiger partial charge in [0.25, 0.3) is 5.69 Å². The standard InChI is InChI=1S/C12H17N3O5S/c13-11-5-4-9(15(16)17)7-12(11)21(18,19)14-8-10-3-1-2-6-20-10/h4-5,7,10,14H,1-3,6,8,13H2. The second-order valence-corrected chi connectivity index (χ2v) is 6.56. The molecule has 0 saturated carbocycles. The van der Waals surface area contributed by atoms with Gasteiger partial charge in [-0.15, -0.1) is 0 Å². The number of nitrogen functional groups attached to an aromatic ring is 1. The minimum Gasteiger partial charge on any atom is -0.398 e. The molecule has 1 unspecified atom stereocenters. The highest BCUT2D eigenvalue weighted by Gasteiger charge is 2.23. The first kappa shape index (κ1) is 15.7. The summed E-state index contributed by atoms with van der Waals surface area (Å²) in [4.78, 5) is 9.78. The van der Waals surface area contributed by atoms with Crippen LogP contribution >= 0.6 is 0 Å². The van der Waals surface area contributed by atoms with E-state index in [1.807, 2.05) is 0 Å². The van der Waals surface area contributed by atoms with E-state index in [-0.39, 0.29) is 28.9 Å². The largest absolute Gasteiger partial charge is 0.398 e. The van der Waals surface area contributed by atoms with Gasteiger partial charge in [-0.05, 0) is 25.3 Å². The van der Waals surface area contributed by atoms with E-state index < -0.39 is 14.9 Å². The van der Waals surface area contributed by atoms with Crippen LogP contribution in [0.25, 0.3) is 0 Å². The number of nitro groups is 1. The summed E-state index contributed by atoms with van der Waals surface area (Å²) >= 11 is 0. The van der Waals surface area contributed by atoms with E-state index in [0.29, 0.717) is 6.61 Å². The van der Waals surface area contributed by atoms with Crippen LogP contribution in [-0.2, 0) is 14.8 Å². The molecule has 1 aliphatic rings. The predicted octanol–water partition coefficient (Wildman–Crippen LogP) is 1.02. The van der Waals surface area contributed by atoms with Crippen LogP contribution in [0, 0.1) is 10.1 Å². The summed E-state index contributed by atoms with van der Waals surface area (Å²) < 4.78 is 32.2. The highest BCUT2D eigenvalue weighted by Crippen LogP contribution is 2.24. The second-order valence-electron chi connectivity index (χ2n) is 4.82. The number of nitrogens with zero attached hydrogens (tertiary/aromatic N) is 1. The lowest BCUT2D eigenvalue weighted by Crippen LogP contribution is -2.35. The van der Waals surface area contributed by atoms with Gasteiger partial charge in [-0.2, -0.15) is 0 Å².